The maximum atomic E-state index is 6.05. The van der Waals surface area contributed by atoms with E-state index in [2.05, 4.69) is 82.0 Å². The average molecular weight is 457 g/mol. The van der Waals surface area contributed by atoms with Gasteiger partial charge >= 0.3 is 0 Å². The van der Waals surface area contributed by atoms with Gasteiger partial charge in [-0.05, 0) is 42.3 Å². The van der Waals surface area contributed by atoms with Gasteiger partial charge in [0.25, 0.3) is 0 Å². The number of benzene rings is 3. The Labute approximate surface area is 201 Å². The van der Waals surface area contributed by atoms with E-state index in [1.807, 2.05) is 30.6 Å². The molecule has 1 aliphatic rings. The third-order valence-electron chi connectivity index (χ3n) is 6.59. The van der Waals surface area contributed by atoms with Crippen molar-refractivity contribution in [3.63, 3.8) is 0 Å². The van der Waals surface area contributed by atoms with Gasteiger partial charge in [-0.2, -0.15) is 0 Å². The Morgan fingerprint density at radius 3 is 1.94 bits per heavy atom. The predicted octanol–water partition coefficient (Wildman–Crippen LogP) is 5.74. The van der Waals surface area contributed by atoms with Gasteiger partial charge in [0.2, 0.25) is 0 Å². The largest absolute Gasteiger partial charge is 0.303 e. The van der Waals surface area contributed by atoms with Crippen molar-refractivity contribution in [2.24, 2.45) is 0 Å². The fourth-order valence-electron chi connectivity index (χ4n) is 4.74. The highest BCUT2D eigenvalue weighted by molar-refractivity contribution is 6.30. The molecule has 4 aromatic rings. The lowest BCUT2D eigenvalue weighted by Crippen LogP contribution is -2.47. The molecule has 1 aliphatic heterocycles. The molecule has 5 heteroatoms. The number of halogens is 1. The maximum Gasteiger partial charge on any atom is 0.0998 e. The van der Waals surface area contributed by atoms with Crippen LogP contribution in [0.25, 0.3) is 5.69 Å². The third-order valence-corrected chi connectivity index (χ3v) is 6.84. The van der Waals surface area contributed by atoms with Crippen LogP contribution in [0.3, 0.4) is 0 Å². The summed E-state index contributed by atoms with van der Waals surface area (Å²) < 4.78 is 2.14. The fraction of sp³-hybridized carbons (Fsp3) is 0.250. The van der Waals surface area contributed by atoms with E-state index in [-0.39, 0.29) is 0 Å². The summed E-state index contributed by atoms with van der Waals surface area (Å²) in [4.78, 5) is 9.86. The Balaban J connectivity index is 1.28. The number of piperazine rings is 1. The Morgan fingerprint density at radius 2 is 1.36 bits per heavy atom. The number of nitrogens with zero attached hydrogens (tertiary/aromatic N) is 4. The summed E-state index contributed by atoms with van der Waals surface area (Å²) in [6.07, 6.45) is 1.92. The molecule has 0 saturated carbocycles. The fourth-order valence-corrected chi connectivity index (χ4v) is 4.87. The van der Waals surface area contributed by atoms with E-state index in [0.29, 0.717) is 6.04 Å². The lowest BCUT2D eigenvalue weighted by atomic mass is 9.96. The van der Waals surface area contributed by atoms with Crippen LogP contribution in [-0.4, -0.2) is 45.5 Å². The summed E-state index contributed by atoms with van der Waals surface area (Å²) in [7, 11) is 0. The minimum Gasteiger partial charge on any atom is -0.303 e. The van der Waals surface area contributed by atoms with E-state index >= 15 is 0 Å². The van der Waals surface area contributed by atoms with E-state index in [9.17, 15) is 0 Å². The first-order valence-electron chi connectivity index (χ1n) is 11.5. The van der Waals surface area contributed by atoms with Crippen molar-refractivity contribution in [3.05, 3.63) is 119 Å². The monoisotopic (exact) mass is 456 g/mol. The van der Waals surface area contributed by atoms with Gasteiger partial charge in [-0.15, -0.1) is 0 Å². The average Bonchev–Trinajstić information content (AvgIpc) is 3.22. The maximum absolute atomic E-state index is 6.05. The van der Waals surface area contributed by atoms with E-state index in [0.717, 1.165) is 49.1 Å². The van der Waals surface area contributed by atoms with Crippen LogP contribution in [0.2, 0.25) is 5.02 Å². The Bertz CT molecular complexity index is 1120. The van der Waals surface area contributed by atoms with Crippen LogP contribution in [0.4, 0.5) is 0 Å². The van der Waals surface area contributed by atoms with Crippen LogP contribution in [0.15, 0.2) is 91.3 Å². The van der Waals surface area contributed by atoms with E-state index in [1.165, 1.54) is 16.8 Å². The van der Waals surface area contributed by atoms with Gasteiger partial charge in [0.05, 0.1) is 18.1 Å². The van der Waals surface area contributed by atoms with E-state index in [1.54, 1.807) is 0 Å². The van der Waals surface area contributed by atoms with Crippen LogP contribution in [0, 0.1) is 6.92 Å². The van der Waals surface area contributed by atoms with Gasteiger partial charge in [-0.25, -0.2) is 4.98 Å². The molecule has 0 unspecified atom stereocenters. The number of aromatic nitrogens is 2. The van der Waals surface area contributed by atoms with Gasteiger partial charge < -0.3 is 4.57 Å². The Kier molecular flexibility index (Phi) is 6.58. The summed E-state index contributed by atoms with van der Waals surface area (Å²) in [6.45, 7) is 7.15. The summed E-state index contributed by atoms with van der Waals surface area (Å²) >= 11 is 6.05. The van der Waals surface area contributed by atoms with Gasteiger partial charge in [0.15, 0.2) is 0 Å². The highest BCUT2D eigenvalue weighted by Gasteiger charge is 2.26. The van der Waals surface area contributed by atoms with Crippen LogP contribution in [0.1, 0.15) is 28.6 Å². The molecule has 0 N–H and O–H groups in total. The smallest absolute Gasteiger partial charge is 0.0998 e. The first-order valence-corrected chi connectivity index (χ1v) is 11.9. The van der Waals surface area contributed by atoms with Crippen molar-refractivity contribution in [3.8, 4) is 5.69 Å². The minimum absolute atomic E-state index is 0.292. The zero-order chi connectivity index (χ0) is 22.6. The van der Waals surface area contributed by atoms with Crippen LogP contribution in [0.5, 0.6) is 0 Å². The molecule has 0 amide bonds. The summed E-state index contributed by atoms with van der Waals surface area (Å²) in [5, 5.41) is 0.749. The van der Waals surface area contributed by atoms with Gasteiger partial charge in [0.1, 0.15) is 0 Å². The second-order valence-corrected chi connectivity index (χ2v) is 9.10. The second-order valence-electron chi connectivity index (χ2n) is 8.66. The molecule has 1 saturated heterocycles. The molecule has 1 aromatic heterocycles. The van der Waals surface area contributed by atoms with Gasteiger partial charge in [-0.1, -0.05) is 72.3 Å². The quantitative estimate of drug-likeness (QED) is 0.369. The SMILES string of the molecule is Cc1c(CN2CCN(C(c3ccccc3)c3ccccc3)CC2)ncn1-c1ccc(Cl)cc1. The molecule has 0 aliphatic carbocycles. The number of hydrogen-bond donors (Lipinski definition) is 0. The number of imidazole rings is 1. The highest BCUT2D eigenvalue weighted by Crippen LogP contribution is 2.29. The molecule has 0 radical (unpaired) electrons. The van der Waals surface area contributed by atoms with Crippen molar-refractivity contribution in [2.45, 2.75) is 19.5 Å². The van der Waals surface area contributed by atoms with E-state index in [4.69, 9.17) is 16.6 Å². The molecular weight excluding hydrogens is 428 g/mol. The first-order chi connectivity index (χ1) is 16.2. The summed E-state index contributed by atoms with van der Waals surface area (Å²) in [6, 6.07) is 29.9. The van der Waals surface area contributed by atoms with Crippen molar-refractivity contribution < 1.29 is 0 Å². The molecule has 4 nitrogen and oxygen atoms in total. The molecule has 0 spiro atoms. The topological polar surface area (TPSA) is 24.3 Å². The van der Waals surface area contributed by atoms with Crippen LogP contribution < -0.4 is 0 Å². The lowest BCUT2D eigenvalue weighted by Gasteiger charge is -2.39. The van der Waals surface area contributed by atoms with Gasteiger partial charge in [0, 0.05) is 49.1 Å². The molecular formula is C28H29ClN4. The third kappa shape index (κ3) is 4.88. The second kappa shape index (κ2) is 9.92. The van der Waals surface area contributed by atoms with Crippen molar-refractivity contribution in [2.75, 3.05) is 26.2 Å². The highest BCUT2D eigenvalue weighted by atomic mass is 35.5. The van der Waals surface area contributed by atoms with Crippen LogP contribution in [-0.2, 0) is 6.54 Å². The molecule has 33 heavy (non-hydrogen) atoms. The van der Waals surface area contributed by atoms with Gasteiger partial charge in [-0.3, -0.25) is 9.80 Å². The molecule has 2 heterocycles. The lowest BCUT2D eigenvalue weighted by molar-refractivity contribution is 0.104. The molecule has 1 fully saturated rings. The Hall–Kier alpha value is -2.92. The predicted molar refractivity (Wildman–Crippen MR) is 135 cm³/mol. The zero-order valence-electron chi connectivity index (χ0n) is 18.9. The molecule has 5 rings (SSSR count). The normalized spacial score (nSPS) is 15.2. The van der Waals surface area contributed by atoms with E-state index < -0.39 is 0 Å². The summed E-state index contributed by atoms with van der Waals surface area (Å²) in [5.74, 6) is 0. The molecule has 0 atom stereocenters. The van der Waals surface area contributed by atoms with Crippen molar-refractivity contribution in [1.82, 2.24) is 19.4 Å². The molecule has 3 aromatic carbocycles. The van der Waals surface area contributed by atoms with Crippen molar-refractivity contribution >= 4 is 11.6 Å². The first kappa shape index (κ1) is 21.9. The zero-order valence-corrected chi connectivity index (χ0v) is 19.7. The van der Waals surface area contributed by atoms with Crippen LogP contribution >= 0.6 is 11.6 Å². The van der Waals surface area contributed by atoms with Crippen molar-refractivity contribution in [1.29, 1.82) is 0 Å². The standard InChI is InChI=1S/C28H29ClN4/c1-22-27(30-21-33(22)26-14-12-25(29)13-15-26)20-31-16-18-32(19-17-31)28(23-8-4-2-5-9-23)24-10-6-3-7-11-24/h2-15,21,28H,16-20H2,1H3. The summed E-state index contributed by atoms with van der Waals surface area (Å²) in [5.41, 5.74) is 6.13. The number of hydrogen-bond acceptors (Lipinski definition) is 3. The minimum atomic E-state index is 0.292. The Morgan fingerprint density at radius 1 is 0.788 bits per heavy atom. The molecule has 0 bridgehead atoms. The number of rotatable bonds is 6. The molecule has 168 valence electrons.